The molecule has 0 aromatic heterocycles. The third-order valence-corrected chi connectivity index (χ3v) is 4.65. The predicted octanol–water partition coefficient (Wildman–Crippen LogP) is 5.81. The van der Waals surface area contributed by atoms with Crippen molar-refractivity contribution in [2.75, 3.05) is 0 Å². The zero-order chi connectivity index (χ0) is 27.8. The van der Waals surface area contributed by atoms with Crippen LogP contribution in [0.3, 0.4) is 0 Å². The Bertz CT molecular complexity index is 895. The van der Waals surface area contributed by atoms with Crippen LogP contribution in [0.25, 0.3) is 0 Å². The molecule has 1 atom stereocenters. The molecule has 0 saturated heterocycles. The summed E-state index contributed by atoms with van der Waals surface area (Å²) in [5.41, 5.74) is -6.54. The molecule has 34 heavy (non-hydrogen) atoms. The highest BCUT2D eigenvalue weighted by molar-refractivity contribution is 6.01. The second-order valence-corrected chi connectivity index (χ2v) is 6.85. The van der Waals surface area contributed by atoms with Crippen molar-refractivity contribution in [3.8, 4) is 0 Å². The Morgan fingerprint density at radius 3 is 1.26 bits per heavy atom. The molecular weight excluding hydrogens is 535 g/mol. The third kappa shape index (κ3) is 3.39. The van der Waals surface area contributed by atoms with E-state index >= 15 is 0 Å². The number of carbonyl (C=O) groups excluding carboxylic acids is 1. The zero-order valence-corrected chi connectivity index (χ0v) is 15.5. The van der Waals surface area contributed by atoms with Gasteiger partial charge in [0.15, 0.2) is 11.4 Å². The minimum Gasteiger partial charge on any atom is -0.375 e. The molecule has 2 nitrogen and oxygen atoms in total. The van der Waals surface area contributed by atoms with Crippen molar-refractivity contribution in [3.63, 3.8) is 0 Å². The van der Waals surface area contributed by atoms with Gasteiger partial charge in [0.1, 0.15) is 0 Å². The van der Waals surface area contributed by atoms with Crippen LogP contribution in [0.5, 0.6) is 0 Å². The van der Waals surface area contributed by atoms with Gasteiger partial charge in [0.25, 0.3) is 0 Å². The first kappa shape index (κ1) is 30.0. The molecule has 0 aliphatic heterocycles. The normalized spacial score (nSPS) is 22.2. The highest BCUT2D eigenvalue weighted by atomic mass is 19.4. The quantitative estimate of drug-likeness (QED) is 0.413. The summed E-state index contributed by atoms with van der Waals surface area (Å²) in [5, 5.41) is 9.63. The maximum Gasteiger partial charge on any atom is 0.460 e. The number of rotatable bonds is 7. The van der Waals surface area contributed by atoms with Gasteiger partial charge in [0, 0.05) is 0 Å². The summed E-state index contributed by atoms with van der Waals surface area (Å²) in [6, 6.07) is 0. The summed E-state index contributed by atoms with van der Waals surface area (Å²) >= 11 is 0. The van der Waals surface area contributed by atoms with Crippen molar-refractivity contribution in [1.29, 1.82) is 0 Å². The van der Waals surface area contributed by atoms with E-state index < -0.39 is 70.7 Å². The summed E-state index contributed by atoms with van der Waals surface area (Å²) in [5.74, 6) is -59.4. The highest BCUT2D eigenvalue weighted by Crippen LogP contribution is 2.65. The lowest BCUT2D eigenvalue weighted by molar-refractivity contribution is -0.465. The molecule has 0 saturated carbocycles. The summed E-state index contributed by atoms with van der Waals surface area (Å²) in [7, 11) is 0. The molecule has 0 radical (unpaired) electrons. The number of aliphatic hydroxyl groups is 1. The third-order valence-electron chi connectivity index (χ3n) is 4.65. The molecule has 1 aliphatic rings. The van der Waals surface area contributed by atoms with Crippen molar-refractivity contribution in [2.45, 2.75) is 60.2 Å². The van der Waals surface area contributed by atoms with E-state index in [0.29, 0.717) is 0 Å². The standard InChI is InChI=1S/C15H7F17O2/c1-5-4-6(33)2-3-7(5,34)8(16,17)9(18,19)10(20,21)11(22,23)12(24,25)13(26,27)14(28,29)15(30,31)32/h2-4,34H,1H3. The van der Waals surface area contributed by atoms with Crippen molar-refractivity contribution in [3.05, 3.63) is 23.8 Å². The van der Waals surface area contributed by atoms with Gasteiger partial charge in [0.05, 0.1) is 0 Å². The molecule has 1 rings (SSSR count). The van der Waals surface area contributed by atoms with Crippen molar-refractivity contribution < 1.29 is 84.5 Å². The summed E-state index contributed by atoms with van der Waals surface area (Å²) in [6.07, 6.45) is -8.88. The largest absolute Gasteiger partial charge is 0.460 e. The van der Waals surface area contributed by atoms with Crippen molar-refractivity contribution in [1.82, 2.24) is 0 Å². The van der Waals surface area contributed by atoms with E-state index in [1.165, 1.54) is 0 Å². The SMILES string of the molecule is CC1=CC(=O)C=CC1(O)C(F)(F)C(F)(F)C(F)(F)C(F)(F)C(F)(F)C(F)(F)C(F)(F)C(F)(F)F. The van der Waals surface area contributed by atoms with Crippen LogP contribution in [0.2, 0.25) is 0 Å². The van der Waals surface area contributed by atoms with Gasteiger partial charge < -0.3 is 5.11 Å². The molecule has 1 unspecified atom stereocenters. The second kappa shape index (κ2) is 7.46. The molecule has 0 fully saturated rings. The molecular formula is C15H7F17O2. The Kier molecular flexibility index (Phi) is 6.57. The lowest BCUT2D eigenvalue weighted by atomic mass is 9.77. The molecule has 0 heterocycles. The van der Waals surface area contributed by atoms with Crippen LogP contribution in [-0.4, -0.2) is 64.1 Å². The lowest BCUT2D eigenvalue weighted by Crippen LogP contribution is -2.76. The van der Waals surface area contributed by atoms with E-state index in [-0.39, 0.29) is 19.1 Å². The van der Waals surface area contributed by atoms with Crippen LogP contribution in [0, 0.1) is 0 Å². The maximum atomic E-state index is 14.2. The van der Waals surface area contributed by atoms with Gasteiger partial charge in [-0.05, 0) is 30.7 Å². The van der Waals surface area contributed by atoms with Crippen LogP contribution in [0.15, 0.2) is 23.8 Å². The minimum absolute atomic E-state index is 0.146. The summed E-state index contributed by atoms with van der Waals surface area (Å²) < 4.78 is 226. The van der Waals surface area contributed by atoms with Gasteiger partial charge >= 0.3 is 47.6 Å². The number of allylic oxidation sites excluding steroid dienone is 2. The van der Waals surface area contributed by atoms with Crippen LogP contribution in [0.4, 0.5) is 74.6 Å². The Morgan fingerprint density at radius 1 is 0.618 bits per heavy atom. The van der Waals surface area contributed by atoms with E-state index in [1.54, 1.807) is 0 Å². The first-order valence-corrected chi connectivity index (χ1v) is 7.88. The number of carbonyl (C=O) groups is 1. The fourth-order valence-electron chi connectivity index (χ4n) is 2.46. The van der Waals surface area contributed by atoms with Gasteiger partial charge in [-0.15, -0.1) is 0 Å². The molecule has 0 aromatic rings. The molecule has 0 aromatic carbocycles. The first-order valence-electron chi connectivity index (χ1n) is 7.88. The smallest absolute Gasteiger partial charge is 0.375 e. The molecule has 0 bridgehead atoms. The van der Waals surface area contributed by atoms with E-state index in [9.17, 15) is 84.5 Å². The summed E-state index contributed by atoms with van der Waals surface area (Å²) in [6.45, 7) is 0.147. The molecule has 1 aliphatic carbocycles. The molecule has 0 spiro atoms. The fraction of sp³-hybridized carbons (Fsp3) is 0.667. The van der Waals surface area contributed by atoms with Crippen LogP contribution >= 0.6 is 0 Å². The van der Waals surface area contributed by atoms with Gasteiger partial charge in [-0.3, -0.25) is 4.79 Å². The van der Waals surface area contributed by atoms with Gasteiger partial charge in [0.2, 0.25) is 0 Å². The van der Waals surface area contributed by atoms with E-state index in [1.807, 2.05) is 0 Å². The summed E-state index contributed by atoms with van der Waals surface area (Å²) in [4.78, 5) is 11.0. The number of hydrogen-bond donors (Lipinski definition) is 1. The number of ketones is 1. The van der Waals surface area contributed by atoms with Gasteiger partial charge in [-0.2, -0.15) is 74.6 Å². The highest BCUT2D eigenvalue weighted by Gasteiger charge is 2.96. The van der Waals surface area contributed by atoms with E-state index in [2.05, 4.69) is 0 Å². The topological polar surface area (TPSA) is 37.3 Å². The van der Waals surface area contributed by atoms with Gasteiger partial charge in [-0.1, -0.05) is 0 Å². The van der Waals surface area contributed by atoms with E-state index in [0.717, 1.165) is 0 Å². The number of alkyl halides is 17. The number of hydrogen-bond acceptors (Lipinski definition) is 2. The van der Waals surface area contributed by atoms with Crippen LogP contribution in [0.1, 0.15) is 6.92 Å². The molecule has 0 amide bonds. The Hall–Kier alpha value is -2.08. The van der Waals surface area contributed by atoms with Crippen LogP contribution < -0.4 is 0 Å². The first-order chi connectivity index (χ1) is 14.5. The second-order valence-electron chi connectivity index (χ2n) is 6.85. The van der Waals surface area contributed by atoms with E-state index in [4.69, 9.17) is 0 Å². The molecule has 1 N–H and O–H groups in total. The van der Waals surface area contributed by atoms with Gasteiger partial charge in [-0.25, -0.2) is 0 Å². The van der Waals surface area contributed by atoms with Crippen LogP contribution in [-0.2, 0) is 4.79 Å². The predicted molar refractivity (Wildman–Crippen MR) is 73.5 cm³/mol. The van der Waals surface area contributed by atoms with Crippen molar-refractivity contribution >= 4 is 5.78 Å². The molecule has 198 valence electrons. The number of halogens is 17. The Balaban J connectivity index is 3.78. The maximum absolute atomic E-state index is 14.2. The van der Waals surface area contributed by atoms with Crippen molar-refractivity contribution in [2.24, 2.45) is 0 Å². The average Bonchev–Trinajstić information content (AvgIpc) is 2.62. The molecule has 19 heteroatoms. The fourth-order valence-corrected chi connectivity index (χ4v) is 2.46. The minimum atomic E-state index is -8.76. The monoisotopic (exact) mass is 542 g/mol. The Labute approximate surface area is 175 Å². The Morgan fingerprint density at radius 2 is 0.941 bits per heavy atom. The lowest BCUT2D eigenvalue weighted by Gasteiger charge is -2.46. The average molecular weight is 542 g/mol. The zero-order valence-electron chi connectivity index (χ0n) is 15.5.